The summed E-state index contributed by atoms with van der Waals surface area (Å²) in [5, 5.41) is 33.5. The van der Waals surface area contributed by atoms with Crippen LogP contribution in [0.25, 0.3) is 0 Å². The molecule has 1 aromatic rings. The molecule has 182 valence electrons. The fourth-order valence-electron chi connectivity index (χ4n) is 3.39. The van der Waals surface area contributed by atoms with Crippen molar-refractivity contribution >= 4 is 33.8 Å². The highest BCUT2D eigenvalue weighted by molar-refractivity contribution is 7.13. The maximum atomic E-state index is 9.32. The van der Waals surface area contributed by atoms with E-state index in [1.54, 1.807) is 6.08 Å². The van der Waals surface area contributed by atoms with Gasteiger partial charge in [-0.1, -0.05) is 36.8 Å². The predicted molar refractivity (Wildman–Crippen MR) is 137 cm³/mol. The van der Waals surface area contributed by atoms with E-state index in [4.69, 9.17) is 21.4 Å². The van der Waals surface area contributed by atoms with Crippen LogP contribution in [-0.4, -0.2) is 33.7 Å². The Morgan fingerprint density at radius 1 is 1.09 bits per heavy atom. The third-order valence-corrected chi connectivity index (χ3v) is 5.88. The van der Waals surface area contributed by atoms with Crippen molar-refractivity contribution in [1.29, 1.82) is 10.5 Å². The number of nitriles is 2. The standard InChI is InChI=1S/C24H32ClN7OS/c1-14(2)13-31-23(34-24(30-31)32(15(3)4)16(5)6)29-28-21-10-22(33-17(7)8)19(9-20(21)25)18(11-26)12-27/h9-10,14-17H,13H2,1-8H3. The van der Waals surface area contributed by atoms with Gasteiger partial charge in [0.25, 0.3) is 0 Å². The third kappa shape index (κ3) is 6.82. The highest BCUT2D eigenvalue weighted by Gasteiger charge is 2.22. The molecule has 0 radical (unpaired) electrons. The number of halogens is 1. The highest BCUT2D eigenvalue weighted by Crippen LogP contribution is 2.28. The molecule has 0 N–H and O–H groups in total. The monoisotopic (exact) mass is 501 g/mol. The highest BCUT2D eigenvalue weighted by atomic mass is 35.5. The number of anilines is 1. The Hall–Kier alpha value is -2.88. The first-order chi connectivity index (χ1) is 16.0. The minimum atomic E-state index is -0.168. The largest absolute Gasteiger partial charge is 0.490 e. The van der Waals surface area contributed by atoms with Crippen LogP contribution in [0.15, 0.2) is 44.3 Å². The molecule has 0 fully saturated rings. The summed E-state index contributed by atoms with van der Waals surface area (Å²) in [4.78, 5) is 2.90. The minimum absolute atomic E-state index is 0.0784. The second kappa shape index (κ2) is 12.0. The smallest absolute Gasteiger partial charge is 0.230 e. The van der Waals surface area contributed by atoms with Crippen molar-refractivity contribution in [3.63, 3.8) is 0 Å². The molecule has 1 aliphatic carbocycles. The molecule has 2 rings (SSSR count). The quantitative estimate of drug-likeness (QED) is 0.356. The van der Waals surface area contributed by atoms with Gasteiger partial charge in [-0.15, -0.1) is 15.3 Å². The van der Waals surface area contributed by atoms with Crippen LogP contribution in [0.3, 0.4) is 0 Å². The van der Waals surface area contributed by atoms with Gasteiger partial charge in [-0.25, -0.2) is 4.68 Å². The first-order valence-electron chi connectivity index (χ1n) is 11.3. The van der Waals surface area contributed by atoms with Crippen molar-refractivity contribution in [2.45, 2.75) is 80.1 Å². The Labute approximate surface area is 210 Å². The van der Waals surface area contributed by atoms with Crippen LogP contribution < -0.4 is 9.70 Å². The summed E-state index contributed by atoms with van der Waals surface area (Å²) < 4.78 is 7.71. The molecule has 0 bridgehead atoms. The number of hydrogen-bond donors (Lipinski definition) is 0. The van der Waals surface area contributed by atoms with Gasteiger partial charge >= 0.3 is 0 Å². The maximum absolute atomic E-state index is 9.32. The lowest BCUT2D eigenvalue weighted by atomic mass is 10.0. The van der Waals surface area contributed by atoms with Crippen molar-refractivity contribution < 1.29 is 4.74 Å². The third-order valence-electron chi connectivity index (χ3n) is 4.63. The van der Waals surface area contributed by atoms with Crippen LogP contribution >= 0.6 is 22.9 Å². The van der Waals surface area contributed by atoms with Gasteiger partial charge in [0.1, 0.15) is 29.2 Å². The molecule has 0 aromatic carbocycles. The van der Waals surface area contributed by atoms with E-state index in [0.717, 1.165) is 5.13 Å². The second-order valence-electron chi connectivity index (χ2n) is 9.10. The first kappa shape index (κ1) is 27.4. The van der Waals surface area contributed by atoms with E-state index in [1.807, 2.05) is 30.7 Å². The SMILES string of the molecule is CC(C)Cn1nc(N(C(C)C)C(C)C)sc1=NN=C1C=C(OC(C)C)C(=C(C#N)C#N)C=C1Cl. The van der Waals surface area contributed by atoms with Crippen molar-refractivity contribution in [3.05, 3.63) is 38.9 Å². The molecule has 1 aliphatic rings. The van der Waals surface area contributed by atoms with E-state index in [1.165, 1.54) is 17.4 Å². The number of allylic oxidation sites excluding steroid dienone is 4. The molecule has 34 heavy (non-hydrogen) atoms. The van der Waals surface area contributed by atoms with E-state index in [-0.39, 0.29) is 28.8 Å². The number of hydrogen-bond acceptors (Lipinski definition) is 8. The average molecular weight is 502 g/mol. The van der Waals surface area contributed by atoms with E-state index < -0.39 is 0 Å². The summed E-state index contributed by atoms with van der Waals surface area (Å²) in [6.45, 7) is 17.2. The van der Waals surface area contributed by atoms with Crippen molar-refractivity contribution in [2.75, 3.05) is 4.90 Å². The molecule has 8 nitrogen and oxygen atoms in total. The van der Waals surface area contributed by atoms with Crippen LogP contribution in [0.5, 0.6) is 0 Å². The molecule has 0 amide bonds. The molecule has 1 aromatic heterocycles. The van der Waals surface area contributed by atoms with Crippen LogP contribution in [0.2, 0.25) is 0 Å². The minimum Gasteiger partial charge on any atom is -0.490 e. The Balaban J connectivity index is 2.63. The van der Waals surface area contributed by atoms with E-state index in [2.05, 4.69) is 56.6 Å². The van der Waals surface area contributed by atoms with E-state index >= 15 is 0 Å². The number of nitrogens with zero attached hydrogens (tertiary/aromatic N) is 7. The van der Waals surface area contributed by atoms with Gasteiger partial charge in [0, 0.05) is 30.3 Å². The molecular formula is C24H32ClN7OS. The molecule has 1 heterocycles. The fraction of sp³-hybridized carbons (Fsp3) is 0.542. The zero-order valence-corrected chi connectivity index (χ0v) is 22.6. The van der Waals surface area contributed by atoms with Crippen molar-refractivity contribution in [2.24, 2.45) is 16.1 Å². The van der Waals surface area contributed by atoms with Gasteiger partial charge in [-0.05, 0) is 53.5 Å². The topological polar surface area (TPSA) is 103 Å². The number of rotatable bonds is 8. The van der Waals surface area contributed by atoms with E-state index in [9.17, 15) is 10.5 Å². The van der Waals surface area contributed by atoms with Gasteiger partial charge in [0.15, 0.2) is 0 Å². The Morgan fingerprint density at radius 3 is 2.21 bits per heavy atom. The summed E-state index contributed by atoms with van der Waals surface area (Å²) in [5.74, 6) is 0.734. The molecule has 0 saturated heterocycles. The van der Waals surface area contributed by atoms with Crippen molar-refractivity contribution in [3.8, 4) is 12.1 Å². The Kier molecular flexibility index (Phi) is 9.66. The summed E-state index contributed by atoms with van der Waals surface area (Å²) in [6.07, 6.45) is 2.97. The summed E-state index contributed by atoms with van der Waals surface area (Å²) in [5.41, 5.74) is 0.638. The fourth-order valence-corrected chi connectivity index (χ4v) is 4.72. The predicted octanol–water partition coefficient (Wildman–Crippen LogP) is 5.27. The molecule has 10 heteroatoms. The van der Waals surface area contributed by atoms with Gasteiger partial charge in [0.2, 0.25) is 9.93 Å². The van der Waals surface area contributed by atoms with Gasteiger partial charge in [-0.2, -0.15) is 10.5 Å². The van der Waals surface area contributed by atoms with Gasteiger partial charge in [-0.3, -0.25) is 0 Å². The van der Waals surface area contributed by atoms with Gasteiger partial charge in [0.05, 0.1) is 11.1 Å². The summed E-state index contributed by atoms with van der Waals surface area (Å²) in [6, 6.07) is 4.35. The number of ether oxygens (including phenoxy) is 1. The second-order valence-corrected chi connectivity index (χ2v) is 10.4. The molecule has 0 aliphatic heterocycles. The summed E-state index contributed by atoms with van der Waals surface area (Å²) in [7, 11) is 0. The molecule has 0 atom stereocenters. The van der Waals surface area contributed by atoms with Crippen LogP contribution in [0, 0.1) is 28.6 Å². The lowest BCUT2D eigenvalue weighted by Gasteiger charge is -2.29. The average Bonchev–Trinajstić information content (AvgIpc) is 3.09. The van der Waals surface area contributed by atoms with Crippen LogP contribution in [0.1, 0.15) is 55.4 Å². The van der Waals surface area contributed by atoms with Crippen LogP contribution in [-0.2, 0) is 11.3 Å². The molecule has 0 saturated carbocycles. The maximum Gasteiger partial charge on any atom is 0.230 e. The lowest BCUT2D eigenvalue weighted by molar-refractivity contribution is 0.155. The van der Waals surface area contributed by atoms with Crippen LogP contribution in [0.4, 0.5) is 5.13 Å². The molecular weight excluding hydrogens is 470 g/mol. The zero-order valence-electron chi connectivity index (χ0n) is 21.0. The first-order valence-corrected chi connectivity index (χ1v) is 12.5. The Bertz CT molecular complexity index is 1140. The van der Waals surface area contributed by atoms with Gasteiger partial charge < -0.3 is 9.64 Å². The Morgan fingerprint density at radius 2 is 1.71 bits per heavy atom. The normalized spacial score (nSPS) is 15.7. The lowest BCUT2D eigenvalue weighted by Crippen LogP contribution is -2.37. The van der Waals surface area contributed by atoms with E-state index in [0.29, 0.717) is 34.3 Å². The number of aromatic nitrogens is 2. The molecule has 0 spiro atoms. The zero-order chi connectivity index (χ0) is 25.6. The summed E-state index contributed by atoms with van der Waals surface area (Å²) >= 11 is 7.93. The van der Waals surface area contributed by atoms with Crippen molar-refractivity contribution in [1.82, 2.24) is 9.78 Å². The molecule has 0 unspecified atom stereocenters.